The molecule has 140 valence electrons. The van der Waals surface area contributed by atoms with E-state index in [1.54, 1.807) is 42.7 Å². The molecule has 29 heavy (non-hydrogen) atoms. The van der Waals surface area contributed by atoms with Crippen molar-refractivity contribution >= 4 is 17.5 Å². The minimum atomic E-state index is -0.300. The van der Waals surface area contributed by atoms with Crippen molar-refractivity contribution in [3.63, 3.8) is 0 Å². The Morgan fingerprint density at radius 1 is 0.724 bits per heavy atom. The molecule has 0 spiro atoms. The van der Waals surface area contributed by atoms with Gasteiger partial charge in [-0.1, -0.05) is 42.5 Å². The van der Waals surface area contributed by atoms with Gasteiger partial charge in [0.15, 0.2) is 5.82 Å². The van der Waals surface area contributed by atoms with Crippen LogP contribution in [-0.2, 0) is 6.54 Å². The van der Waals surface area contributed by atoms with Crippen LogP contribution in [0.25, 0.3) is 11.4 Å². The minimum absolute atomic E-state index is 0.300. The van der Waals surface area contributed by atoms with Crippen molar-refractivity contribution in [3.8, 4) is 11.4 Å². The van der Waals surface area contributed by atoms with Crippen LogP contribution < -0.4 is 4.90 Å². The SMILES string of the molecule is O=C1c2ccccc2C(=O)N1c1ccc(-c2nncn2Cc2ccccc2)cc1. The number of hydrogen-bond acceptors (Lipinski definition) is 4. The first kappa shape index (κ1) is 17.1. The molecule has 6 heteroatoms. The summed E-state index contributed by atoms with van der Waals surface area (Å²) in [5, 5.41) is 8.28. The van der Waals surface area contributed by atoms with Crippen LogP contribution in [0.15, 0.2) is 85.2 Å². The van der Waals surface area contributed by atoms with E-state index in [1.165, 1.54) is 4.90 Å². The Kier molecular flexibility index (Phi) is 4.02. The summed E-state index contributed by atoms with van der Waals surface area (Å²) >= 11 is 0. The summed E-state index contributed by atoms with van der Waals surface area (Å²) in [7, 11) is 0. The van der Waals surface area contributed by atoms with Gasteiger partial charge in [-0.2, -0.15) is 0 Å². The zero-order chi connectivity index (χ0) is 19.8. The molecule has 0 fully saturated rings. The quantitative estimate of drug-likeness (QED) is 0.505. The smallest absolute Gasteiger partial charge is 0.266 e. The molecule has 0 radical (unpaired) electrons. The number of imide groups is 1. The van der Waals surface area contributed by atoms with Crippen molar-refractivity contribution < 1.29 is 9.59 Å². The normalized spacial score (nSPS) is 13.0. The van der Waals surface area contributed by atoms with Crippen molar-refractivity contribution in [2.24, 2.45) is 0 Å². The summed E-state index contributed by atoms with van der Waals surface area (Å²) in [5.74, 6) is 0.124. The van der Waals surface area contributed by atoms with Crippen LogP contribution in [0, 0.1) is 0 Å². The summed E-state index contributed by atoms with van der Waals surface area (Å²) in [6, 6.07) is 24.2. The maximum Gasteiger partial charge on any atom is 0.266 e. The Bertz CT molecular complexity index is 1180. The predicted octanol–water partition coefficient (Wildman–Crippen LogP) is 3.79. The van der Waals surface area contributed by atoms with E-state index in [0.717, 1.165) is 17.0 Å². The third-order valence-corrected chi connectivity index (χ3v) is 4.99. The van der Waals surface area contributed by atoms with Crippen LogP contribution in [0.3, 0.4) is 0 Å². The molecule has 6 nitrogen and oxygen atoms in total. The van der Waals surface area contributed by atoms with Crippen LogP contribution in [0.4, 0.5) is 5.69 Å². The van der Waals surface area contributed by atoms with Gasteiger partial charge in [-0.05, 0) is 42.0 Å². The lowest BCUT2D eigenvalue weighted by atomic mass is 10.1. The monoisotopic (exact) mass is 380 g/mol. The average Bonchev–Trinajstić information content (AvgIpc) is 3.32. The molecule has 0 bridgehead atoms. The lowest BCUT2D eigenvalue weighted by Gasteiger charge is -2.14. The Balaban J connectivity index is 1.43. The molecule has 2 heterocycles. The molecule has 1 aliphatic heterocycles. The Morgan fingerprint density at radius 2 is 1.34 bits per heavy atom. The van der Waals surface area contributed by atoms with E-state index >= 15 is 0 Å². The topological polar surface area (TPSA) is 68.1 Å². The van der Waals surface area contributed by atoms with Gasteiger partial charge in [-0.3, -0.25) is 9.59 Å². The van der Waals surface area contributed by atoms with Gasteiger partial charge in [-0.15, -0.1) is 10.2 Å². The molecule has 5 rings (SSSR count). The van der Waals surface area contributed by atoms with Crippen LogP contribution in [0.5, 0.6) is 0 Å². The van der Waals surface area contributed by atoms with E-state index in [9.17, 15) is 9.59 Å². The van der Waals surface area contributed by atoms with Gasteiger partial charge in [0.2, 0.25) is 0 Å². The molecule has 1 aromatic heterocycles. The third kappa shape index (κ3) is 2.91. The van der Waals surface area contributed by atoms with Gasteiger partial charge in [0, 0.05) is 5.56 Å². The lowest BCUT2D eigenvalue weighted by Crippen LogP contribution is -2.29. The summed E-state index contributed by atoms with van der Waals surface area (Å²) < 4.78 is 1.96. The zero-order valence-corrected chi connectivity index (χ0v) is 15.4. The number of carbonyl (C=O) groups excluding carboxylic acids is 2. The molecule has 3 aromatic carbocycles. The summed E-state index contributed by atoms with van der Waals surface area (Å²) in [6.45, 7) is 0.656. The second-order valence-corrected chi connectivity index (χ2v) is 6.81. The summed E-state index contributed by atoms with van der Waals surface area (Å²) in [6.07, 6.45) is 1.69. The van der Waals surface area contributed by atoms with Crippen LogP contribution in [0.2, 0.25) is 0 Å². The highest BCUT2D eigenvalue weighted by atomic mass is 16.2. The van der Waals surface area contributed by atoms with Crippen molar-refractivity contribution in [2.45, 2.75) is 6.54 Å². The highest BCUT2D eigenvalue weighted by Crippen LogP contribution is 2.29. The van der Waals surface area contributed by atoms with Crippen LogP contribution >= 0.6 is 0 Å². The maximum absolute atomic E-state index is 12.7. The Hall–Kier alpha value is -4.06. The number of anilines is 1. The van der Waals surface area contributed by atoms with Gasteiger partial charge in [0.1, 0.15) is 6.33 Å². The van der Waals surface area contributed by atoms with Crippen molar-refractivity contribution in [1.29, 1.82) is 0 Å². The van der Waals surface area contributed by atoms with E-state index in [1.807, 2.05) is 34.9 Å². The van der Waals surface area contributed by atoms with Crippen LogP contribution in [0.1, 0.15) is 26.3 Å². The lowest BCUT2D eigenvalue weighted by molar-refractivity contribution is 0.0926. The Labute approximate surface area is 167 Å². The van der Waals surface area contributed by atoms with Gasteiger partial charge < -0.3 is 4.57 Å². The molecule has 0 aliphatic carbocycles. The minimum Gasteiger partial charge on any atom is -0.309 e. The second-order valence-electron chi connectivity index (χ2n) is 6.81. The molecule has 4 aromatic rings. The molecule has 2 amide bonds. The highest BCUT2D eigenvalue weighted by Gasteiger charge is 2.36. The van der Waals surface area contributed by atoms with Gasteiger partial charge >= 0.3 is 0 Å². The van der Waals surface area contributed by atoms with Gasteiger partial charge in [0.25, 0.3) is 11.8 Å². The first-order chi connectivity index (χ1) is 14.2. The molecule has 1 aliphatic rings. The highest BCUT2D eigenvalue weighted by molar-refractivity contribution is 6.34. The van der Waals surface area contributed by atoms with Crippen LogP contribution in [-0.4, -0.2) is 26.6 Å². The number of fused-ring (bicyclic) bond motifs is 1. The summed E-state index contributed by atoms with van der Waals surface area (Å²) in [4.78, 5) is 26.5. The van der Waals surface area contributed by atoms with E-state index in [4.69, 9.17) is 0 Å². The number of benzene rings is 3. The molecule has 0 saturated heterocycles. The van der Waals surface area contributed by atoms with Gasteiger partial charge in [-0.25, -0.2) is 4.90 Å². The number of amides is 2. The van der Waals surface area contributed by atoms with Crippen molar-refractivity contribution in [2.75, 3.05) is 4.90 Å². The first-order valence-corrected chi connectivity index (χ1v) is 9.22. The van der Waals surface area contributed by atoms with E-state index < -0.39 is 0 Å². The fourth-order valence-corrected chi connectivity index (χ4v) is 3.56. The first-order valence-electron chi connectivity index (χ1n) is 9.22. The largest absolute Gasteiger partial charge is 0.309 e. The standard InChI is InChI=1S/C23H16N4O2/c28-22-19-8-4-5-9-20(19)23(29)27(22)18-12-10-17(11-13-18)21-25-24-15-26(21)14-16-6-2-1-3-7-16/h1-13,15H,14H2. The number of carbonyl (C=O) groups is 2. The molecular formula is C23H16N4O2. The van der Waals surface area contributed by atoms with Gasteiger partial charge in [0.05, 0.1) is 23.4 Å². The fraction of sp³-hybridized carbons (Fsp3) is 0.0435. The summed E-state index contributed by atoms with van der Waals surface area (Å²) in [5.41, 5.74) is 3.41. The average molecular weight is 380 g/mol. The van der Waals surface area contributed by atoms with Crippen molar-refractivity contribution in [3.05, 3.63) is 102 Å². The molecule has 0 saturated carbocycles. The molecule has 0 N–H and O–H groups in total. The molecular weight excluding hydrogens is 364 g/mol. The van der Waals surface area contributed by atoms with E-state index in [2.05, 4.69) is 22.3 Å². The van der Waals surface area contributed by atoms with E-state index in [0.29, 0.717) is 23.4 Å². The second kappa shape index (κ2) is 6.83. The zero-order valence-electron chi connectivity index (χ0n) is 15.4. The molecule has 0 atom stereocenters. The number of rotatable bonds is 4. The number of nitrogens with zero attached hydrogens (tertiary/aromatic N) is 4. The predicted molar refractivity (Wildman–Crippen MR) is 109 cm³/mol. The maximum atomic E-state index is 12.7. The fourth-order valence-electron chi connectivity index (χ4n) is 3.56. The Morgan fingerprint density at radius 3 is 2.00 bits per heavy atom. The van der Waals surface area contributed by atoms with Crippen molar-refractivity contribution in [1.82, 2.24) is 14.8 Å². The number of aromatic nitrogens is 3. The molecule has 0 unspecified atom stereocenters. The third-order valence-electron chi connectivity index (χ3n) is 4.99. The number of hydrogen-bond donors (Lipinski definition) is 0. The van der Waals surface area contributed by atoms with E-state index in [-0.39, 0.29) is 11.8 Å².